The molecule has 9 heteroatoms. The van der Waals surface area contributed by atoms with Crippen molar-refractivity contribution in [2.75, 3.05) is 31.8 Å². The Labute approximate surface area is 176 Å². The first-order chi connectivity index (χ1) is 14.0. The Morgan fingerprint density at radius 1 is 1.07 bits per heavy atom. The number of amides is 1. The molecular formula is C20H26BrNO7. The van der Waals surface area contributed by atoms with Crippen molar-refractivity contribution < 1.29 is 29.3 Å². The second-order valence-corrected chi connectivity index (χ2v) is 7.60. The monoisotopic (exact) mass is 471 g/mol. The molecule has 4 N–H and O–H groups in total. The van der Waals surface area contributed by atoms with E-state index >= 15 is 0 Å². The first kappa shape index (κ1) is 23.3. The number of hydrogen-bond donors (Lipinski definition) is 4. The molecule has 1 heterocycles. The van der Waals surface area contributed by atoms with Gasteiger partial charge in [0.1, 0.15) is 22.4 Å². The van der Waals surface area contributed by atoms with Gasteiger partial charge >= 0.3 is 5.63 Å². The largest absolute Gasteiger partial charge is 0.493 e. The second-order valence-electron chi connectivity index (χ2n) is 6.81. The molecule has 0 aliphatic rings. The SMILES string of the molecule is O=C(NC(CO)(CO)CO)c1cc2ccc(OCCCCCCBr)cc2oc1=O. The van der Waals surface area contributed by atoms with Gasteiger partial charge in [0.05, 0.1) is 26.4 Å². The number of aliphatic hydroxyl groups is 3. The van der Waals surface area contributed by atoms with Crippen LogP contribution in [-0.2, 0) is 0 Å². The van der Waals surface area contributed by atoms with E-state index in [0.29, 0.717) is 17.7 Å². The van der Waals surface area contributed by atoms with Crippen LogP contribution in [0.4, 0.5) is 0 Å². The fourth-order valence-electron chi connectivity index (χ4n) is 2.66. The lowest BCUT2D eigenvalue weighted by molar-refractivity contribution is 0.0374. The van der Waals surface area contributed by atoms with Crippen LogP contribution in [0.2, 0.25) is 0 Å². The lowest BCUT2D eigenvalue weighted by atomic mass is 10.0. The molecule has 160 valence electrons. The van der Waals surface area contributed by atoms with Crippen LogP contribution in [0, 0.1) is 0 Å². The lowest BCUT2D eigenvalue weighted by Crippen LogP contribution is -2.57. The average Bonchev–Trinajstić information content (AvgIpc) is 2.73. The Bertz CT molecular complexity index is 855. The van der Waals surface area contributed by atoms with E-state index in [1.54, 1.807) is 18.2 Å². The van der Waals surface area contributed by atoms with E-state index < -0.39 is 36.9 Å². The predicted molar refractivity (Wildman–Crippen MR) is 112 cm³/mol. The molecule has 2 aromatic rings. The summed E-state index contributed by atoms with van der Waals surface area (Å²) in [6.45, 7) is -1.52. The van der Waals surface area contributed by atoms with Crippen molar-refractivity contribution >= 4 is 32.8 Å². The number of ether oxygens (including phenoxy) is 1. The maximum absolute atomic E-state index is 12.4. The summed E-state index contributed by atoms with van der Waals surface area (Å²) in [6.07, 6.45) is 4.27. The van der Waals surface area contributed by atoms with Gasteiger partial charge in [-0.15, -0.1) is 0 Å². The summed E-state index contributed by atoms with van der Waals surface area (Å²) in [4.78, 5) is 24.6. The molecule has 0 saturated heterocycles. The molecule has 0 fully saturated rings. The fourth-order valence-corrected chi connectivity index (χ4v) is 3.05. The molecule has 8 nitrogen and oxygen atoms in total. The number of fused-ring (bicyclic) bond motifs is 1. The number of unbranched alkanes of at least 4 members (excludes halogenated alkanes) is 3. The molecule has 0 bridgehead atoms. The smallest absolute Gasteiger partial charge is 0.349 e. The van der Waals surface area contributed by atoms with Crippen LogP contribution < -0.4 is 15.7 Å². The van der Waals surface area contributed by atoms with Gasteiger partial charge in [-0.05, 0) is 31.0 Å². The predicted octanol–water partition coefficient (Wildman–Crippen LogP) is 1.57. The molecule has 0 radical (unpaired) electrons. The third-order valence-electron chi connectivity index (χ3n) is 4.54. The van der Waals surface area contributed by atoms with Crippen molar-refractivity contribution in [1.29, 1.82) is 0 Å². The zero-order valence-corrected chi connectivity index (χ0v) is 17.6. The maximum atomic E-state index is 12.4. The van der Waals surface area contributed by atoms with Crippen LogP contribution in [0.3, 0.4) is 0 Å². The van der Waals surface area contributed by atoms with E-state index in [1.807, 2.05) is 0 Å². The number of carbonyl (C=O) groups is 1. The minimum Gasteiger partial charge on any atom is -0.493 e. The highest BCUT2D eigenvalue weighted by molar-refractivity contribution is 9.09. The number of benzene rings is 1. The van der Waals surface area contributed by atoms with Gasteiger partial charge in [0, 0.05) is 16.8 Å². The maximum Gasteiger partial charge on any atom is 0.349 e. The molecule has 0 spiro atoms. The van der Waals surface area contributed by atoms with Crippen LogP contribution in [0.15, 0.2) is 33.5 Å². The molecule has 0 atom stereocenters. The Morgan fingerprint density at radius 2 is 1.76 bits per heavy atom. The van der Waals surface area contributed by atoms with Crippen LogP contribution in [0.5, 0.6) is 5.75 Å². The summed E-state index contributed by atoms with van der Waals surface area (Å²) in [5.41, 5.74) is -2.52. The van der Waals surface area contributed by atoms with Gasteiger partial charge < -0.3 is 29.8 Å². The molecule has 1 amide bonds. The standard InChI is InChI=1S/C20H26BrNO7/c21-7-3-1-2-4-8-28-15-6-5-14-9-16(19(27)29-17(14)10-15)18(26)22-20(11-23,12-24)13-25/h5-6,9-10,23-25H,1-4,7-8,11-13H2,(H,22,26). The highest BCUT2D eigenvalue weighted by atomic mass is 79.9. The van der Waals surface area contributed by atoms with Gasteiger partial charge in [0.15, 0.2) is 0 Å². The van der Waals surface area contributed by atoms with Crippen LogP contribution in [0.1, 0.15) is 36.0 Å². The molecule has 0 saturated carbocycles. The van der Waals surface area contributed by atoms with Gasteiger partial charge in [-0.2, -0.15) is 0 Å². The molecule has 1 aromatic carbocycles. The average molecular weight is 472 g/mol. The van der Waals surface area contributed by atoms with Crippen molar-refractivity contribution in [1.82, 2.24) is 5.32 Å². The molecule has 29 heavy (non-hydrogen) atoms. The Hall–Kier alpha value is -1.94. The number of nitrogens with one attached hydrogen (secondary N) is 1. The van der Waals surface area contributed by atoms with Gasteiger partial charge in [0.25, 0.3) is 5.91 Å². The summed E-state index contributed by atoms with van der Waals surface area (Å²) in [5.74, 6) is -0.292. The first-order valence-corrected chi connectivity index (χ1v) is 10.5. The van der Waals surface area contributed by atoms with Crippen molar-refractivity contribution in [2.24, 2.45) is 0 Å². The molecule has 0 aliphatic carbocycles. The molecule has 2 rings (SSSR count). The lowest BCUT2D eigenvalue weighted by Gasteiger charge is -2.28. The number of halogens is 1. The Balaban J connectivity index is 2.11. The minimum atomic E-state index is -1.63. The molecular weight excluding hydrogens is 446 g/mol. The number of aliphatic hydroxyl groups excluding tert-OH is 3. The van der Waals surface area contributed by atoms with Crippen LogP contribution in [-0.4, -0.2) is 58.5 Å². The van der Waals surface area contributed by atoms with Gasteiger partial charge in [-0.25, -0.2) is 4.79 Å². The number of carbonyl (C=O) groups excluding carboxylic acids is 1. The third-order valence-corrected chi connectivity index (χ3v) is 5.10. The van der Waals surface area contributed by atoms with Crippen molar-refractivity contribution in [3.8, 4) is 5.75 Å². The van der Waals surface area contributed by atoms with Gasteiger partial charge in [0.2, 0.25) is 0 Å². The van der Waals surface area contributed by atoms with Crippen LogP contribution in [0.25, 0.3) is 11.0 Å². The number of hydrogen-bond acceptors (Lipinski definition) is 7. The topological polar surface area (TPSA) is 129 Å². The zero-order chi connectivity index (χ0) is 21.3. The van der Waals surface area contributed by atoms with E-state index in [9.17, 15) is 24.9 Å². The van der Waals surface area contributed by atoms with E-state index in [1.165, 1.54) is 6.07 Å². The number of alkyl halides is 1. The van der Waals surface area contributed by atoms with Crippen molar-refractivity contribution in [3.63, 3.8) is 0 Å². The molecule has 0 unspecified atom stereocenters. The van der Waals surface area contributed by atoms with E-state index in [-0.39, 0.29) is 11.1 Å². The quantitative estimate of drug-likeness (QED) is 0.210. The number of rotatable bonds is 12. The van der Waals surface area contributed by atoms with Gasteiger partial charge in [-0.3, -0.25) is 4.79 Å². The van der Waals surface area contributed by atoms with Crippen molar-refractivity contribution in [3.05, 3.63) is 40.2 Å². The summed E-state index contributed by atoms with van der Waals surface area (Å²) >= 11 is 3.40. The molecule has 0 aliphatic heterocycles. The fraction of sp³-hybridized carbons (Fsp3) is 0.500. The highest BCUT2D eigenvalue weighted by Gasteiger charge is 2.31. The first-order valence-electron chi connectivity index (χ1n) is 9.40. The second kappa shape index (κ2) is 11.3. The highest BCUT2D eigenvalue weighted by Crippen LogP contribution is 2.21. The Kier molecular flexibility index (Phi) is 9.09. The van der Waals surface area contributed by atoms with Gasteiger partial charge in [-0.1, -0.05) is 28.8 Å². The van der Waals surface area contributed by atoms with Crippen LogP contribution >= 0.6 is 15.9 Å². The summed E-state index contributed by atoms with van der Waals surface area (Å²) in [5, 5.41) is 31.8. The van der Waals surface area contributed by atoms with E-state index in [0.717, 1.165) is 31.0 Å². The van der Waals surface area contributed by atoms with Crippen molar-refractivity contribution in [2.45, 2.75) is 31.2 Å². The van der Waals surface area contributed by atoms with E-state index in [4.69, 9.17) is 9.15 Å². The minimum absolute atomic E-state index is 0.279. The Morgan fingerprint density at radius 3 is 2.41 bits per heavy atom. The third kappa shape index (κ3) is 6.27. The zero-order valence-electron chi connectivity index (χ0n) is 16.0. The molecule has 1 aromatic heterocycles. The summed E-state index contributed by atoms with van der Waals surface area (Å²) in [6, 6.07) is 6.35. The summed E-state index contributed by atoms with van der Waals surface area (Å²) in [7, 11) is 0. The normalized spacial score (nSPS) is 11.6. The van der Waals surface area contributed by atoms with E-state index in [2.05, 4.69) is 21.2 Å². The summed E-state index contributed by atoms with van der Waals surface area (Å²) < 4.78 is 10.9.